The van der Waals surface area contributed by atoms with Crippen LogP contribution >= 0.6 is 0 Å². The molecule has 0 bridgehead atoms. The van der Waals surface area contributed by atoms with E-state index in [9.17, 15) is 0 Å². The highest BCUT2D eigenvalue weighted by Crippen LogP contribution is 2.14. The summed E-state index contributed by atoms with van der Waals surface area (Å²) in [4.78, 5) is 5.20. The molecular weight excluding hydrogens is 262 g/mol. The maximum Gasteiger partial charge on any atom is 0.0534 e. The fourth-order valence-electron chi connectivity index (χ4n) is 3.27. The third kappa shape index (κ3) is 4.80. The number of hydrogen-bond donors (Lipinski definition) is 1. The van der Waals surface area contributed by atoms with Crippen LogP contribution in [-0.4, -0.2) is 58.3 Å². The highest BCUT2D eigenvalue weighted by atomic mass is 15.3. The van der Waals surface area contributed by atoms with E-state index >= 15 is 0 Å². The van der Waals surface area contributed by atoms with Gasteiger partial charge in [0.2, 0.25) is 0 Å². The van der Waals surface area contributed by atoms with E-state index in [2.05, 4.69) is 34.9 Å². The molecule has 0 amide bonds. The summed E-state index contributed by atoms with van der Waals surface area (Å²) in [6.45, 7) is 11.9. The van der Waals surface area contributed by atoms with Crippen molar-refractivity contribution in [3.63, 3.8) is 0 Å². The number of hydrogen-bond acceptors (Lipinski definition) is 4. The molecular formula is C16H31N5. The van der Waals surface area contributed by atoms with Crippen LogP contribution in [0, 0.1) is 0 Å². The van der Waals surface area contributed by atoms with Crippen molar-refractivity contribution >= 4 is 0 Å². The summed E-state index contributed by atoms with van der Waals surface area (Å²) in [5.74, 6) is 0. The van der Waals surface area contributed by atoms with Gasteiger partial charge in [0.1, 0.15) is 0 Å². The molecule has 2 heterocycles. The molecule has 1 fully saturated rings. The Kier molecular flexibility index (Phi) is 6.67. The summed E-state index contributed by atoms with van der Waals surface area (Å²) in [5.41, 5.74) is 7.08. The lowest BCUT2D eigenvalue weighted by Crippen LogP contribution is -2.39. The molecule has 0 spiro atoms. The first-order valence-electron chi connectivity index (χ1n) is 8.44. The smallest absolute Gasteiger partial charge is 0.0534 e. The lowest BCUT2D eigenvalue weighted by molar-refractivity contribution is 0.184. The minimum Gasteiger partial charge on any atom is -0.330 e. The molecule has 0 radical (unpaired) electrons. The van der Waals surface area contributed by atoms with Gasteiger partial charge in [-0.1, -0.05) is 6.92 Å². The van der Waals surface area contributed by atoms with Crippen molar-refractivity contribution in [2.45, 2.75) is 52.2 Å². The quantitative estimate of drug-likeness (QED) is 0.828. The second-order valence-corrected chi connectivity index (χ2v) is 6.01. The van der Waals surface area contributed by atoms with E-state index in [1.165, 1.54) is 38.0 Å². The van der Waals surface area contributed by atoms with Gasteiger partial charge < -0.3 is 5.73 Å². The van der Waals surface area contributed by atoms with Crippen molar-refractivity contribution in [1.29, 1.82) is 0 Å². The number of nitrogens with zero attached hydrogens (tertiary/aromatic N) is 4. The van der Waals surface area contributed by atoms with Gasteiger partial charge in [-0.2, -0.15) is 5.10 Å². The van der Waals surface area contributed by atoms with Crippen LogP contribution in [0.15, 0.2) is 12.4 Å². The number of aromatic nitrogens is 2. The summed E-state index contributed by atoms with van der Waals surface area (Å²) in [6, 6.07) is 0.665. The zero-order valence-electron chi connectivity index (χ0n) is 13.7. The standard InChI is InChI=1S/C16H31N5/c1-3-16(6-7-17)20-9-5-8-19(10-11-20)13-15-12-18-21(4-2)14-15/h12,14,16H,3-11,13,17H2,1-2H3. The third-order valence-corrected chi connectivity index (χ3v) is 4.53. The van der Waals surface area contributed by atoms with E-state index in [4.69, 9.17) is 5.73 Å². The van der Waals surface area contributed by atoms with Gasteiger partial charge in [0.05, 0.1) is 6.20 Å². The fourth-order valence-corrected chi connectivity index (χ4v) is 3.27. The average Bonchev–Trinajstić information content (AvgIpc) is 2.83. The third-order valence-electron chi connectivity index (χ3n) is 4.53. The van der Waals surface area contributed by atoms with Crippen LogP contribution in [0.3, 0.4) is 0 Å². The molecule has 21 heavy (non-hydrogen) atoms. The molecule has 0 saturated carbocycles. The van der Waals surface area contributed by atoms with Gasteiger partial charge in [0, 0.05) is 44.0 Å². The normalized spacial score (nSPS) is 19.6. The number of rotatable bonds is 7. The van der Waals surface area contributed by atoms with Crippen molar-refractivity contribution in [1.82, 2.24) is 19.6 Å². The molecule has 0 aromatic carbocycles. The Labute approximate surface area is 129 Å². The molecule has 2 N–H and O–H groups in total. The molecule has 1 aliphatic rings. The Hall–Kier alpha value is -0.910. The molecule has 1 aliphatic heterocycles. The monoisotopic (exact) mass is 293 g/mol. The van der Waals surface area contributed by atoms with E-state index in [0.29, 0.717) is 6.04 Å². The minimum absolute atomic E-state index is 0.665. The van der Waals surface area contributed by atoms with Gasteiger partial charge in [-0.05, 0) is 45.8 Å². The Morgan fingerprint density at radius 1 is 1.24 bits per heavy atom. The summed E-state index contributed by atoms with van der Waals surface area (Å²) in [7, 11) is 0. The second kappa shape index (κ2) is 8.51. The minimum atomic E-state index is 0.665. The maximum absolute atomic E-state index is 5.75. The molecule has 2 rings (SSSR count). The zero-order valence-corrected chi connectivity index (χ0v) is 13.7. The fraction of sp³-hybridized carbons (Fsp3) is 0.812. The first-order chi connectivity index (χ1) is 10.3. The van der Waals surface area contributed by atoms with Gasteiger partial charge in [-0.15, -0.1) is 0 Å². The SMILES string of the molecule is CCC(CCN)N1CCCN(Cc2cnn(CC)c2)CC1. The summed E-state index contributed by atoms with van der Waals surface area (Å²) in [5, 5.41) is 4.37. The Balaban J connectivity index is 1.85. The molecule has 5 heteroatoms. The zero-order chi connectivity index (χ0) is 15.1. The molecule has 1 atom stereocenters. The molecule has 1 saturated heterocycles. The Bertz CT molecular complexity index is 403. The molecule has 5 nitrogen and oxygen atoms in total. The van der Waals surface area contributed by atoms with Gasteiger partial charge in [-0.25, -0.2) is 0 Å². The van der Waals surface area contributed by atoms with Gasteiger partial charge >= 0.3 is 0 Å². The first-order valence-corrected chi connectivity index (χ1v) is 8.44. The lowest BCUT2D eigenvalue weighted by atomic mass is 10.1. The second-order valence-electron chi connectivity index (χ2n) is 6.01. The highest BCUT2D eigenvalue weighted by Gasteiger charge is 2.20. The molecule has 1 aromatic rings. The van der Waals surface area contributed by atoms with E-state index in [-0.39, 0.29) is 0 Å². The highest BCUT2D eigenvalue weighted by molar-refractivity contribution is 5.03. The molecule has 1 aromatic heterocycles. The topological polar surface area (TPSA) is 50.3 Å². The first kappa shape index (κ1) is 16.5. The van der Waals surface area contributed by atoms with Crippen LogP contribution in [0.2, 0.25) is 0 Å². The predicted octanol–water partition coefficient (Wildman–Crippen LogP) is 1.54. The number of aryl methyl sites for hydroxylation is 1. The Morgan fingerprint density at radius 2 is 2.10 bits per heavy atom. The van der Waals surface area contributed by atoms with Crippen LogP contribution in [-0.2, 0) is 13.1 Å². The van der Waals surface area contributed by atoms with E-state index < -0.39 is 0 Å². The lowest BCUT2D eigenvalue weighted by Gasteiger charge is -2.29. The number of nitrogens with two attached hydrogens (primary N) is 1. The largest absolute Gasteiger partial charge is 0.330 e. The van der Waals surface area contributed by atoms with Crippen molar-refractivity contribution in [2.75, 3.05) is 32.7 Å². The van der Waals surface area contributed by atoms with E-state index in [0.717, 1.165) is 32.6 Å². The van der Waals surface area contributed by atoms with Gasteiger partial charge in [-0.3, -0.25) is 14.5 Å². The predicted molar refractivity (Wildman–Crippen MR) is 87.1 cm³/mol. The van der Waals surface area contributed by atoms with Crippen LogP contribution in [0.1, 0.15) is 38.7 Å². The van der Waals surface area contributed by atoms with Crippen molar-refractivity contribution in [3.05, 3.63) is 18.0 Å². The summed E-state index contributed by atoms with van der Waals surface area (Å²) < 4.78 is 2.01. The molecule has 120 valence electrons. The molecule has 1 unspecified atom stereocenters. The van der Waals surface area contributed by atoms with Crippen LogP contribution in [0.25, 0.3) is 0 Å². The van der Waals surface area contributed by atoms with Gasteiger partial charge in [0.25, 0.3) is 0 Å². The summed E-state index contributed by atoms with van der Waals surface area (Å²) >= 11 is 0. The van der Waals surface area contributed by atoms with Crippen LogP contribution in [0.4, 0.5) is 0 Å². The maximum atomic E-state index is 5.75. The van der Waals surface area contributed by atoms with Crippen molar-refractivity contribution < 1.29 is 0 Å². The van der Waals surface area contributed by atoms with E-state index in [1.807, 2.05) is 10.9 Å². The molecule has 0 aliphatic carbocycles. The van der Waals surface area contributed by atoms with Crippen molar-refractivity contribution in [3.8, 4) is 0 Å². The van der Waals surface area contributed by atoms with Crippen LogP contribution in [0.5, 0.6) is 0 Å². The van der Waals surface area contributed by atoms with Gasteiger partial charge in [0.15, 0.2) is 0 Å². The van der Waals surface area contributed by atoms with E-state index in [1.54, 1.807) is 0 Å². The summed E-state index contributed by atoms with van der Waals surface area (Å²) in [6.07, 6.45) is 7.77. The van der Waals surface area contributed by atoms with Crippen LogP contribution < -0.4 is 5.73 Å². The Morgan fingerprint density at radius 3 is 2.76 bits per heavy atom. The van der Waals surface area contributed by atoms with Crippen molar-refractivity contribution in [2.24, 2.45) is 5.73 Å². The average molecular weight is 293 g/mol.